The Morgan fingerprint density at radius 1 is 1.44 bits per heavy atom. The number of benzene rings is 1. The second-order valence-corrected chi connectivity index (χ2v) is 4.18. The van der Waals surface area contributed by atoms with Crippen LogP contribution in [0.4, 0.5) is 0 Å². The van der Waals surface area contributed by atoms with Crippen molar-refractivity contribution >= 4 is 0 Å². The Bertz CT molecular complexity index is 555. The summed E-state index contributed by atoms with van der Waals surface area (Å²) in [7, 11) is 0. The molecule has 0 aliphatic carbocycles. The average molecular weight is 247 g/mol. The van der Waals surface area contributed by atoms with E-state index in [-0.39, 0.29) is 18.4 Å². The highest BCUT2D eigenvalue weighted by atomic mass is 16.5. The van der Waals surface area contributed by atoms with Gasteiger partial charge in [-0.2, -0.15) is 4.98 Å². The van der Waals surface area contributed by atoms with E-state index in [2.05, 4.69) is 10.1 Å². The zero-order valence-corrected chi connectivity index (χ0v) is 9.61. The molecular formula is C12H13N3O3. The van der Waals surface area contributed by atoms with Crippen molar-refractivity contribution in [2.24, 2.45) is 5.73 Å². The molecular weight excluding hydrogens is 234 g/mol. The molecule has 2 heterocycles. The van der Waals surface area contributed by atoms with Crippen LogP contribution in [0, 0.1) is 0 Å². The molecule has 0 amide bonds. The number of fused-ring (bicyclic) bond motifs is 1. The third-order valence-electron chi connectivity index (χ3n) is 2.98. The van der Waals surface area contributed by atoms with E-state index in [1.165, 1.54) is 0 Å². The lowest BCUT2D eigenvalue weighted by Gasteiger charge is -2.02. The van der Waals surface area contributed by atoms with E-state index in [1.54, 1.807) is 0 Å². The van der Waals surface area contributed by atoms with Crippen molar-refractivity contribution in [2.75, 3.05) is 13.2 Å². The molecule has 94 valence electrons. The van der Waals surface area contributed by atoms with Crippen LogP contribution in [0.15, 0.2) is 28.8 Å². The van der Waals surface area contributed by atoms with Crippen LogP contribution in [0.2, 0.25) is 0 Å². The van der Waals surface area contributed by atoms with Crippen LogP contribution in [-0.2, 0) is 0 Å². The van der Waals surface area contributed by atoms with Gasteiger partial charge in [0.2, 0.25) is 5.89 Å². The number of aliphatic hydroxyl groups is 1. The van der Waals surface area contributed by atoms with Gasteiger partial charge in [-0.05, 0) is 6.07 Å². The molecule has 2 aromatic rings. The first-order chi connectivity index (χ1) is 8.79. The quantitative estimate of drug-likeness (QED) is 0.824. The van der Waals surface area contributed by atoms with E-state index in [4.69, 9.17) is 20.1 Å². The normalized spacial score (nSPS) is 19.3. The van der Waals surface area contributed by atoms with E-state index in [9.17, 15) is 0 Å². The van der Waals surface area contributed by atoms with Crippen molar-refractivity contribution in [3.8, 4) is 5.75 Å². The molecule has 1 aromatic heterocycles. The predicted octanol–water partition coefficient (Wildman–Crippen LogP) is 0.586. The van der Waals surface area contributed by atoms with Gasteiger partial charge < -0.3 is 20.1 Å². The molecule has 6 nitrogen and oxygen atoms in total. The second kappa shape index (κ2) is 4.40. The standard InChI is InChI=1S/C12H13N3O3/c13-9(5-16)12-14-11(15-18-12)8-6-17-10-4-2-1-3-7(8)10/h1-4,8-9,16H,5-6,13H2/t8?,9-/m1/s1. The van der Waals surface area contributed by atoms with E-state index in [1.807, 2.05) is 24.3 Å². The van der Waals surface area contributed by atoms with Crippen LogP contribution in [-0.4, -0.2) is 28.5 Å². The molecule has 3 N–H and O–H groups in total. The highest BCUT2D eigenvalue weighted by Gasteiger charge is 2.30. The van der Waals surface area contributed by atoms with Gasteiger partial charge in [-0.25, -0.2) is 0 Å². The van der Waals surface area contributed by atoms with Crippen molar-refractivity contribution in [2.45, 2.75) is 12.0 Å². The molecule has 1 aliphatic rings. The predicted molar refractivity (Wildman–Crippen MR) is 62.1 cm³/mol. The molecule has 1 aromatic carbocycles. The molecule has 0 saturated heterocycles. The number of nitrogens with zero attached hydrogens (tertiary/aromatic N) is 2. The molecule has 0 bridgehead atoms. The number of para-hydroxylation sites is 1. The summed E-state index contributed by atoms with van der Waals surface area (Å²) in [5, 5.41) is 12.9. The molecule has 3 rings (SSSR count). The van der Waals surface area contributed by atoms with Crippen LogP contribution in [0.1, 0.15) is 29.2 Å². The minimum absolute atomic E-state index is 0.0374. The molecule has 0 radical (unpaired) electrons. The number of aliphatic hydroxyl groups excluding tert-OH is 1. The number of ether oxygens (including phenoxy) is 1. The lowest BCUT2D eigenvalue weighted by molar-refractivity contribution is 0.236. The number of hydrogen-bond donors (Lipinski definition) is 2. The third kappa shape index (κ3) is 1.75. The van der Waals surface area contributed by atoms with E-state index in [0.717, 1.165) is 11.3 Å². The summed E-state index contributed by atoms with van der Waals surface area (Å²) in [6, 6.07) is 7.12. The first kappa shape index (κ1) is 11.2. The molecule has 0 spiro atoms. The van der Waals surface area contributed by atoms with Crippen molar-refractivity contribution < 1.29 is 14.4 Å². The van der Waals surface area contributed by atoms with Crippen molar-refractivity contribution in [1.82, 2.24) is 10.1 Å². The van der Waals surface area contributed by atoms with Gasteiger partial charge >= 0.3 is 0 Å². The largest absolute Gasteiger partial charge is 0.492 e. The maximum atomic E-state index is 8.94. The number of nitrogens with two attached hydrogens (primary N) is 1. The summed E-state index contributed by atoms with van der Waals surface area (Å²) in [5.41, 5.74) is 6.67. The fourth-order valence-electron chi connectivity index (χ4n) is 1.99. The Morgan fingerprint density at radius 3 is 3.11 bits per heavy atom. The van der Waals surface area contributed by atoms with Gasteiger partial charge in [0.05, 0.1) is 12.5 Å². The van der Waals surface area contributed by atoms with Gasteiger partial charge in [0.15, 0.2) is 5.82 Å². The molecule has 18 heavy (non-hydrogen) atoms. The second-order valence-electron chi connectivity index (χ2n) is 4.18. The Balaban J connectivity index is 1.91. The average Bonchev–Trinajstić information content (AvgIpc) is 3.03. The van der Waals surface area contributed by atoms with Crippen LogP contribution in [0.25, 0.3) is 0 Å². The van der Waals surface area contributed by atoms with Crippen LogP contribution in [0.3, 0.4) is 0 Å². The van der Waals surface area contributed by atoms with Gasteiger partial charge in [-0.3, -0.25) is 0 Å². The molecule has 1 aliphatic heterocycles. The zero-order valence-electron chi connectivity index (χ0n) is 9.61. The lowest BCUT2D eigenvalue weighted by Crippen LogP contribution is -2.15. The van der Waals surface area contributed by atoms with Gasteiger partial charge in [-0.15, -0.1) is 0 Å². The maximum Gasteiger partial charge on any atom is 0.245 e. The number of aromatic nitrogens is 2. The molecule has 6 heteroatoms. The number of hydrogen-bond acceptors (Lipinski definition) is 6. The van der Waals surface area contributed by atoms with E-state index in [0.29, 0.717) is 12.4 Å². The molecule has 0 fully saturated rings. The smallest absolute Gasteiger partial charge is 0.245 e. The summed E-state index contributed by atoms with van der Waals surface area (Å²) >= 11 is 0. The van der Waals surface area contributed by atoms with Gasteiger partial charge in [0.1, 0.15) is 18.4 Å². The van der Waals surface area contributed by atoms with E-state index < -0.39 is 6.04 Å². The molecule has 0 saturated carbocycles. The zero-order chi connectivity index (χ0) is 12.5. The molecule has 1 unspecified atom stereocenters. The van der Waals surface area contributed by atoms with Crippen molar-refractivity contribution in [1.29, 1.82) is 0 Å². The first-order valence-electron chi connectivity index (χ1n) is 5.71. The first-order valence-corrected chi connectivity index (χ1v) is 5.71. The Labute approximate surface area is 103 Å². The Kier molecular flexibility index (Phi) is 2.73. The summed E-state index contributed by atoms with van der Waals surface area (Å²) in [6.45, 7) is 0.270. The fourth-order valence-corrected chi connectivity index (χ4v) is 1.99. The highest BCUT2D eigenvalue weighted by Crippen LogP contribution is 2.36. The van der Waals surface area contributed by atoms with Crippen molar-refractivity contribution in [3.63, 3.8) is 0 Å². The van der Waals surface area contributed by atoms with Gasteiger partial charge in [0, 0.05) is 5.56 Å². The van der Waals surface area contributed by atoms with Crippen LogP contribution >= 0.6 is 0 Å². The molecule has 2 atom stereocenters. The Hall–Kier alpha value is -1.92. The summed E-state index contributed by atoms with van der Waals surface area (Å²) in [6.07, 6.45) is 0. The SMILES string of the molecule is N[C@H](CO)c1nc(C2COc3ccccc32)no1. The maximum absolute atomic E-state index is 8.94. The van der Waals surface area contributed by atoms with Crippen LogP contribution in [0.5, 0.6) is 5.75 Å². The number of rotatable bonds is 3. The summed E-state index contributed by atoms with van der Waals surface area (Å²) < 4.78 is 10.6. The van der Waals surface area contributed by atoms with Crippen molar-refractivity contribution in [3.05, 3.63) is 41.5 Å². The van der Waals surface area contributed by atoms with Gasteiger partial charge in [0.25, 0.3) is 0 Å². The van der Waals surface area contributed by atoms with Gasteiger partial charge in [-0.1, -0.05) is 23.4 Å². The van der Waals surface area contributed by atoms with E-state index >= 15 is 0 Å². The van der Waals surface area contributed by atoms with Crippen LogP contribution < -0.4 is 10.5 Å². The highest BCUT2D eigenvalue weighted by molar-refractivity contribution is 5.42. The lowest BCUT2D eigenvalue weighted by atomic mass is 10.0. The Morgan fingerprint density at radius 2 is 2.28 bits per heavy atom. The fraction of sp³-hybridized carbons (Fsp3) is 0.333. The summed E-state index contributed by atoms with van der Waals surface area (Å²) in [4.78, 5) is 4.22. The summed E-state index contributed by atoms with van der Waals surface area (Å²) in [5.74, 6) is 1.60. The third-order valence-corrected chi connectivity index (χ3v) is 2.98. The monoisotopic (exact) mass is 247 g/mol. The topological polar surface area (TPSA) is 94.4 Å². The minimum atomic E-state index is -0.635. The minimum Gasteiger partial charge on any atom is -0.492 e.